The van der Waals surface area contributed by atoms with Gasteiger partial charge in [0.05, 0.1) is 0 Å². The van der Waals surface area contributed by atoms with Crippen molar-refractivity contribution in [3.63, 3.8) is 0 Å². The lowest BCUT2D eigenvalue weighted by molar-refractivity contribution is 0.618. The maximum Gasteiger partial charge on any atom is 0.152 e. The van der Waals surface area contributed by atoms with E-state index < -0.39 is 0 Å². The highest BCUT2D eigenvalue weighted by molar-refractivity contribution is 5.43. The second kappa shape index (κ2) is 3.55. The molecule has 0 radical (unpaired) electrons. The van der Waals surface area contributed by atoms with E-state index >= 15 is 0 Å². The molecular formula is C10H6FN. The van der Waals surface area contributed by atoms with Crippen LogP contribution in [-0.4, -0.2) is 0 Å². The van der Waals surface area contributed by atoms with Gasteiger partial charge in [-0.25, -0.2) is 4.39 Å². The van der Waals surface area contributed by atoms with Gasteiger partial charge >= 0.3 is 0 Å². The summed E-state index contributed by atoms with van der Waals surface area (Å²) >= 11 is 0. The monoisotopic (exact) mass is 159 g/mol. The van der Waals surface area contributed by atoms with Crippen molar-refractivity contribution in [3.05, 3.63) is 35.1 Å². The Labute approximate surface area is 70.4 Å². The molecule has 0 bridgehead atoms. The van der Waals surface area contributed by atoms with Crippen LogP contribution >= 0.6 is 0 Å². The van der Waals surface area contributed by atoms with Gasteiger partial charge in [-0.05, 0) is 19.1 Å². The minimum atomic E-state index is -0.292. The van der Waals surface area contributed by atoms with Crippen LogP contribution < -0.4 is 0 Å². The molecule has 0 aromatic heterocycles. The highest BCUT2D eigenvalue weighted by Gasteiger charge is 1.98. The molecule has 1 aromatic carbocycles. The van der Waals surface area contributed by atoms with Crippen molar-refractivity contribution in [2.24, 2.45) is 0 Å². The molecule has 58 valence electrons. The van der Waals surface area contributed by atoms with E-state index in [1.165, 1.54) is 6.07 Å². The van der Waals surface area contributed by atoms with Crippen LogP contribution in [0.4, 0.5) is 4.39 Å². The number of hydrogen-bond donors (Lipinski definition) is 0. The molecule has 0 aliphatic rings. The van der Waals surface area contributed by atoms with Crippen LogP contribution in [0.3, 0.4) is 0 Å². The summed E-state index contributed by atoms with van der Waals surface area (Å²) in [5.41, 5.74) is 1.05. The summed E-state index contributed by atoms with van der Waals surface area (Å²) in [6.45, 7) is 1.64. The Bertz CT molecular complexity index is 391. The van der Waals surface area contributed by atoms with Crippen molar-refractivity contribution in [2.45, 2.75) is 6.92 Å². The Kier molecular flexibility index (Phi) is 2.46. The van der Waals surface area contributed by atoms with Crippen LogP contribution in [0.2, 0.25) is 0 Å². The first kappa shape index (κ1) is 8.30. The van der Waals surface area contributed by atoms with Crippen LogP contribution in [0.15, 0.2) is 18.2 Å². The second-order valence-corrected chi connectivity index (χ2v) is 2.27. The summed E-state index contributed by atoms with van der Waals surface area (Å²) in [5, 5.41) is 8.17. The van der Waals surface area contributed by atoms with Crippen molar-refractivity contribution in [1.29, 1.82) is 5.26 Å². The number of benzene rings is 1. The Morgan fingerprint density at radius 2 is 2.17 bits per heavy atom. The normalized spacial score (nSPS) is 8.08. The van der Waals surface area contributed by atoms with E-state index in [4.69, 9.17) is 5.26 Å². The molecule has 0 aliphatic carbocycles. The van der Waals surface area contributed by atoms with Crippen LogP contribution in [-0.2, 0) is 0 Å². The SMILES string of the molecule is Cc1c(F)cccc1C#CC#N. The number of rotatable bonds is 0. The predicted molar refractivity (Wildman–Crippen MR) is 43.6 cm³/mol. The molecule has 0 spiro atoms. The summed E-state index contributed by atoms with van der Waals surface area (Å²) < 4.78 is 12.9. The van der Waals surface area contributed by atoms with Crippen molar-refractivity contribution in [2.75, 3.05) is 0 Å². The molecule has 0 aliphatic heterocycles. The minimum Gasteiger partial charge on any atom is -0.207 e. The zero-order valence-corrected chi connectivity index (χ0v) is 6.56. The molecule has 12 heavy (non-hydrogen) atoms. The Morgan fingerprint density at radius 1 is 1.42 bits per heavy atom. The fraction of sp³-hybridized carbons (Fsp3) is 0.100. The third kappa shape index (κ3) is 1.62. The molecule has 0 saturated heterocycles. The third-order valence-electron chi connectivity index (χ3n) is 1.52. The van der Waals surface area contributed by atoms with Crippen LogP contribution in [0.1, 0.15) is 11.1 Å². The molecule has 1 nitrogen and oxygen atoms in total. The zero-order chi connectivity index (χ0) is 8.97. The van der Waals surface area contributed by atoms with Crippen molar-refractivity contribution in [1.82, 2.24) is 0 Å². The topological polar surface area (TPSA) is 23.8 Å². The van der Waals surface area contributed by atoms with E-state index in [2.05, 4.69) is 11.8 Å². The first-order chi connectivity index (χ1) is 5.75. The first-order valence-electron chi connectivity index (χ1n) is 3.41. The smallest absolute Gasteiger partial charge is 0.152 e. The van der Waals surface area contributed by atoms with Gasteiger partial charge in [-0.2, -0.15) is 5.26 Å². The van der Waals surface area contributed by atoms with Gasteiger partial charge in [0, 0.05) is 17.0 Å². The standard InChI is InChI=1S/C10H6FN/c1-8-9(5-3-7-12)4-2-6-10(8)11/h2,4,6H,1H3. The molecule has 0 N–H and O–H groups in total. The molecule has 0 heterocycles. The van der Waals surface area contributed by atoms with E-state index in [1.807, 2.05) is 0 Å². The number of nitrogens with zero attached hydrogens (tertiary/aromatic N) is 1. The summed E-state index contributed by atoms with van der Waals surface area (Å²) in [6.07, 6.45) is 0. The maximum atomic E-state index is 12.9. The summed E-state index contributed by atoms with van der Waals surface area (Å²) in [5.74, 6) is 4.48. The van der Waals surface area contributed by atoms with Gasteiger partial charge in [-0.15, -0.1) is 0 Å². The van der Waals surface area contributed by atoms with Gasteiger partial charge in [0.1, 0.15) is 5.82 Å². The van der Waals surface area contributed by atoms with Crippen molar-refractivity contribution < 1.29 is 4.39 Å². The molecule has 0 saturated carbocycles. The third-order valence-corrected chi connectivity index (χ3v) is 1.52. The average Bonchev–Trinajstić information content (AvgIpc) is 2.08. The highest BCUT2D eigenvalue weighted by Crippen LogP contribution is 2.10. The highest BCUT2D eigenvalue weighted by atomic mass is 19.1. The van der Waals surface area contributed by atoms with E-state index in [0.29, 0.717) is 11.1 Å². The van der Waals surface area contributed by atoms with Crippen LogP contribution in [0, 0.1) is 35.9 Å². The van der Waals surface area contributed by atoms with Gasteiger partial charge in [-0.3, -0.25) is 0 Å². The van der Waals surface area contributed by atoms with Gasteiger partial charge in [0.15, 0.2) is 6.07 Å². The summed E-state index contributed by atoms with van der Waals surface area (Å²) in [7, 11) is 0. The lowest BCUT2D eigenvalue weighted by Crippen LogP contribution is -1.86. The lowest BCUT2D eigenvalue weighted by Gasteiger charge is -1.96. The average molecular weight is 159 g/mol. The van der Waals surface area contributed by atoms with Crippen molar-refractivity contribution >= 4 is 0 Å². The van der Waals surface area contributed by atoms with Gasteiger partial charge in [0.2, 0.25) is 0 Å². The molecule has 0 unspecified atom stereocenters. The van der Waals surface area contributed by atoms with Crippen LogP contribution in [0.25, 0.3) is 0 Å². The fourth-order valence-electron chi connectivity index (χ4n) is 0.838. The Hall–Kier alpha value is -1.80. The predicted octanol–water partition coefficient (Wildman–Crippen LogP) is 2.01. The maximum absolute atomic E-state index is 12.9. The molecular weight excluding hydrogens is 153 g/mol. The second-order valence-electron chi connectivity index (χ2n) is 2.27. The molecule has 1 aromatic rings. The van der Waals surface area contributed by atoms with E-state index in [-0.39, 0.29) is 5.82 Å². The molecule has 0 amide bonds. The molecule has 1 rings (SSSR count). The number of halogens is 1. The number of hydrogen-bond acceptors (Lipinski definition) is 1. The Balaban J connectivity index is 3.19. The Morgan fingerprint density at radius 3 is 2.83 bits per heavy atom. The number of nitriles is 1. The van der Waals surface area contributed by atoms with Crippen LogP contribution in [0.5, 0.6) is 0 Å². The largest absolute Gasteiger partial charge is 0.207 e. The summed E-state index contributed by atoms with van der Waals surface area (Å²) in [4.78, 5) is 0. The van der Waals surface area contributed by atoms with E-state index in [9.17, 15) is 4.39 Å². The lowest BCUT2D eigenvalue weighted by atomic mass is 10.1. The van der Waals surface area contributed by atoms with Gasteiger partial charge in [0.25, 0.3) is 0 Å². The van der Waals surface area contributed by atoms with Crippen molar-refractivity contribution in [3.8, 4) is 17.9 Å². The van der Waals surface area contributed by atoms with Gasteiger partial charge < -0.3 is 0 Å². The first-order valence-corrected chi connectivity index (χ1v) is 3.41. The zero-order valence-electron chi connectivity index (χ0n) is 6.56. The van der Waals surface area contributed by atoms with E-state index in [0.717, 1.165) is 0 Å². The minimum absolute atomic E-state index is 0.292. The van der Waals surface area contributed by atoms with Gasteiger partial charge in [-0.1, -0.05) is 12.0 Å². The van der Waals surface area contributed by atoms with E-state index in [1.54, 1.807) is 25.1 Å². The molecule has 0 fully saturated rings. The summed E-state index contributed by atoms with van der Waals surface area (Å²) in [6, 6.07) is 6.30. The molecule has 0 atom stereocenters. The molecule has 2 heteroatoms. The fourth-order valence-corrected chi connectivity index (χ4v) is 0.838. The quantitative estimate of drug-likeness (QED) is 0.531.